The third-order valence-electron chi connectivity index (χ3n) is 5.49. The maximum absolute atomic E-state index is 13.2. The van der Waals surface area contributed by atoms with Crippen LogP contribution in [0.5, 0.6) is 0 Å². The Labute approximate surface area is 191 Å². The lowest BCUT2D eigenvalue weighted by Crippen LogP contribution is -2.23. The summed E-state index contributed by atoms with van der Waals surface area (Å²) in [6.45, 7) is 8.80. The third-order valence-corrected chi connectivity index (χ3v) is 6.50. The highest BCUT2D eigenvalue weighted by Gasteiger charge is 2.20. The number of nitrogens with zero attached hydrogens (tertiary/aromatic N) is 4. The second-order valence-electron chi connectivity index (χ2n) is 7.60. The summed E-state index contributed by atoms with van der Waals surface area (Å²) in [6, 6.07) is 17.4. The van der Waals surface area contributed by atoms with Crippen LogP contribution < -0.4 is 5.69 Å². The smallest absolute Gasteiger partial charge is 0.293 e. The molecule has 6 nitrogen and oxygen atoms in total. The second kappa shape index (κ2) is 9.12. The summed E-state index contributed by atoms with van der Waals surface area (Å²) in [7, 11) is 0. The number of aryl methyl sites for hydroxylation is 3. The minimum Gasteiger partial charge on any atom is -0.293 e. The van der Waals surface area contributed by atoms with E-state index in [-0.39, 0.29) is 16.7 Å². The zero-order valence-corrected chi connectivity index (χ0v) is 19.5. The first-order valence-electron chi connectivity index (χ1n) is 10.8. The quantitative estimate of drug-likeness (QED) is 0.228. The first kappa shape index (κ1) is 22.0. The van der Waals surface area contributed by atoms with Crippen LogP contribution in [0.25, 0.3) is 22.3 Å². The molecule has 164 valence electrons. The highest BCUT2D eigenvalue weighted by Crippen LogP contribution is 2.28. The van der Waals surface area contributed by atoms with E-state index in [1.54, 1.807) is 9.13 Å². The molecule has 0 radical (unpaired) electrons. The number of carbonyl (C=O) groups is 1. The highest BCUT2D eigenvalue weighted by molar-refractivity contribution is 8.00. The fourth-order valence-corrected chi connectivity index (χ4v) is 4.88. The van der Waals surface area contributed by atoms with Gasteiger partial charge in [-0.3, -0.25) is 13.9 Å². The van der Waals surface area contributed by atoms with Gasteiger partial charge in [0.2, 0.25) is 0 Å². The largest absolute Gasteiger partial charge is 0.329 e. The highest BCUT2D eigenvalue weighted by atomic mass is 32.2. The molecule has 0 saturated carbocycles. The molecule has 0 spiro atoms. The number of Topliss-reactive ketones (excluding diaryl/α,β-unsaturated/α-hetero) is 1. The van der Waals surface area contributed by atoms with Crippen LogP contribution in [0.15, 0.2) is 64.4 Å². The number of benzene rings is 2. The molecule has 1 unspecified atom stereocenters. The van der Waals surface area contributed by atoms with E-state index in [0.717, 1.165) is 27.3 Å². The van der Waals surface area contributed by atoms with E-state index in [1.807, 2.05) is 82.3 Å². The van der Waals surface area contributed by atoms with Crippen LogP contribution in [0, 0.1) is 6.92 Å². The fourth-order valence-electron chi connectivity index (χ4n) is 3.91. The van der Waals surface area contributed by atoms with Crippen molar-refractivity contribution in [3.63, 3.8) is 0 Å². The lowest BCUT2D eigenvalue weighted by atomic mass is 10.1. The SMILES string of the molecule is CCn1c(=O)n(CC)c2cc(C(=O)C(C)Sc3cc(-c4ccccc4)nc(C)n3)ccc21. The minimum atomic E-state index is -0.333. The number of aromatic nitrogens is 4. The number of carbonyl (C=O) groups excluding carboxylic acids is 1. The van der Waals surface area contributed by atoms with Crippen LogP contribution >= 0.6 is 11.8 Å². The van der Waals surface area contributed by atoms with Gasteiger partial charge in [0.15, 0.2) is 5.78 Å². The summed E-state index contributed by atoms with van der Waals surface area (Å²) in [5.74, 6) is 0.677. The molecule has 1 atom stereocenters. The van der Waals surface area contributed by atoms with Gasteiger partial charge in [0.1, 0.15) is 10.9 Å². The van der Waals surface area contributed by atoms with E-state index in [4.69, 9.17) is 0 Å². The predicted octanol–water partition coefficient (Wildman–Crippen LogP) is 4.97. The summed E-state index contributed by atoms with van der Waals surface area (Å²) in [6.07, 6.45) is 0. The lowest BCUT2D eigenvalue weighted by Gasteiger charge is -2.12. The van der Waals surface area contributed by atoms with Gasteiger partial charge in [0.25, 0.3) is 0 Å². The zero-order chi connectivity index (χ0) is 22.8. The Kier molecular flexibility index (Phi) is 6.28. The normalized spacial score (nSPS) is 12.2. The van der Waals surface area contributed by atoms with Crippen LogP contribution in [-0.4, -0.2) is 30.1 Å². The number of hydrogen-bond acceptors (Lipinski definition) is 5. The predicted molar refractivity (Wildman–Crippen MR) is 129 cm³/mol. The average Bonchev–Trinajstić information content (AvgIpc) is 3.08. The molecule has 0 aliphatic carbocycles. The molecule has 2 aromatic carbocycles. The number of rotatable bonds is 7. The van der Waals surface area contributed by atoms with E-state index < -0.39 is 0 Å². The molecule has 0 fully saturated rings. The van der Waals surface area contributed by atoms with Crippen molar-refractivity contribution in [2.45, 2.75) is 51.1 Å². The maximum Gasteiger partial charge on any atom is 0.329 e. The molecular weight excluding hydrogens is 420 g/mol. The van der Waals surface area contributed by atoms with Gasteiger partial charge < -0.3 is 0 Å². The number of hydrogen-bond donors (Lipinski definition) is 0. The van der Waals surface area contributed by atoms with Gasteiger partial charge in [-0.1, -0.05) is 42.1 Å². The monoisotopic (exact) mass is 446 g/mol. The van der Waals surface area contributed by atoms with Crippen LogP contribution in [0.2, 0.25) is 0 Å². The molecule has 0 saturated heterocycles. The van der Waals surface area contributed by atoms with Crippen molar-refractivity contribution in [2.24, 2.45) is 0 Å². The number of thioether (sulfide) groups is 1. The summed E-state index contributed by atoms with van der Waals surface area (Å²) >= 11 is 1.42. The summed E-state index contributed by atoms with van der Waals surface area (Å²) in [4.78, 5) is 34.9. The van der Waals surface area contributed by atoms with Crippen LogP contribution in [-0.2, 0) is 13.1 Å². The molecular formula is C25H26N4O2S. The van der Waals surface area contributed by atoms with E-state index in [0.29, 0.717) is 24.5 Å². The van der Waals surface area contributed by atoms with Crippen molar-refractivity contribution in [1.82, 2.24) is 19.1 Å². The Morgan fingerprint density at radius 1 is 0.969 bits per heavy atom. The maximum atomic E-state index is 13.2. The van der Waals surface area contributed by atoms with Crippen LogP contribution in [0.1, 0.15) is 37.0 Å². The second-order valence-corrected chi connectivity index (χ2v) is 8.96. The Morgan fingerprint density at radius 3 is 2.34 bits per heavy atom. The molecule has 2 heterocycles. The first-order chi connectivity index (χ1) is 15.4. The molecule has 0 N–H and O–H groups in total. The Morgan fingerprint density at radius 2 is 1.66 bits per heavy atom. The van der Waals surface area contributed by atoms with Crippen molar-refractivity contribution in [3.05, 3.63) is 76.5 Å². The molecule has 0 bridgehead atoms. The van der Waals surface area contributed by atoms with E-state index in [9.17, 15) is 9.59 Å². The van der Waals surface area contributed by atoms with Gasteiger partial charge >= 0.3 is 5.69 Å². The molecule has 4 aromatic rings. The molecule has 2 aromatic heterocycles. The average molecular weight is 447 g/mol. The van der Waals surface area contributed by atoms with Gasteiger partial charge in [-0.05, 0) is 52.0 Å². The first-order valence-corrected chi connectivity index (χ1v) is 11.7. The topological polar surface area (TPSA) is 69.8 Å². The van der Waals surface area contributed by atoms with Crippen molar-refractivity contribution in [3.8, 4) is 11.3 Å². The van der Waals surface area contributed by atoms with Crippen molar-refractivity contribution < 1.29 is 4.79 Å². The summed E-state index contributed by atoms with van der Waals surface area (Å²) in [5.41, 5.74) is 4.07. The molecule has 32 heavy (non-hydrogen) atoms. The van der Waals surface area contributed by atoms with Crippen molar-refractivity contribution >= 4 is 28.6 Å². The summed E-state index contributed by atoms with van der Waals surface area (Å²) < 4.78 is 3.45. The Balaban J connectivity index is 1.63. The van der Waals surface area contributed by atoms with Gasteiger partial charge in [-0.2, -0.15) is 0 Å². The Hall–Kier alpha value is -3.19. The van der Waals surface area contributed by atoms with Gasteiger partial charge in [-0.15, -0.1) is 0 Å². The molecule has 7 heteroatoms. The van der Waals surface area contributed by atoms with E-state index in [2.05, 4.69) is 9.97 Å². The van der Waals surface area contributed by atoms with Crippen molar-refractivity contribution in [2.75, 3.05) is 0 Å². The lowest BCUT2D eigenvalue weighted by molar-refractivity contribution is 0.0994. The van der Waals surface area contributed by atoms with E-state index in [1.165, 1.54) is 11.8 Å². The third kappa shape index (κ3) is 4.12. The molecule has 0 amide bonds. The zero-order valence-electron chi connectivity index (χ0n) is 18.7. The van der Waals surface area contributed by atoms with Gasteiger partial charge in [-0.25, -0.2) is 14.8 Å². The molecule has 0 aliphatic rings. The standard InChI is InChI=1S/C25H26N4O2S/c1-5-28-21-13-12-19(14-22(21)29(6-2)25(28)31)24(30)16(3)32-23-15-20(26-17(4)27-23)18-10-8-7-9-11-18/h7-16H,5-6H2,1-4H3. The fraction of sp³-hybridized carbons (Fsp3) is 0.280. The molecule has 0 aliphatic heterocycles. The van der Waals surface area contributed by atoms with Crippen LogP contribution in [0.3, 0.4) is 0 Å². The van der Waals surface area contributed by atoms with Crippen molar-refractivity contribution in [1.29, 1.82) is 0 Å². The van der Waals surface area contributed by atoms with Gasteiger partial charge in [0, 0.05) is 24.2 Å². The number of imidazole rings is 1. The van der Waals surface area contributed by atoms with E-state index >= 15 is 0 Å². The Bertz CT molecular complexity index is 1340. The number of ketones is 1. The van der Waals surface area contributed by atoms with Gasteiger partial charge in [0.05, 0.1) is 22.0 Å². The summed E-state index contributed by atoms with van der Waals surface area (Å²) in [5, 5.41) is 0.432. The molecule has 4 rings (SSSR count). The number of fused-ring (bicyclic) bond motifs is 1. The van der Waals surface area contributed by atoms with Crippen LogP contribution in [0.4, 0.5) is 0 Å². The minimum absolute atomic E-state index is 0.00813.